The lowest BCUT2D eigenvalue weighted by Gasteiger charge is -2.24. The molecule has 4 heteroatoms. The van der Waals surface area contributed by atoms with Crippen LogP contribution in [0.3, 0.4) is 0 Å². The quantitative estimate of drug-likeness (QED) is 0.809. The summed E-state index contributed by atoms with van der Waals surface area (Å²) in [5.74, 6) is 0. The molecule has 1 atom stereocenters. The molecule has 1 aromatic heterocycles. The average Bonchev–Trinajstić information content (AvgIpc) is 2.08. The molecule has 1 unspecified atom stereocenters. The molecule has 1 rings (SSSR count). The molecule has 0 aromatic carbocycles. The van der Waals surface area contributed by atoms with E-state index < -0.39 is 12.0 Å². The van der Waals surface area contributed by atoms with Gasteiger partial charge < -0.3 is 5.73 Å². The van der Waals surface area contributed by atoms with Crippen molar-refractivity contribution in [3.05, 3.63) is 29.6 Å². The van der Waals surface area contributed by atoms with Gasteiger partial charge in [-0.05, 0) is 37.5 Å². The summed E-state index contributed by atoms with van der Waals surface area (Å²) >= 11 is 0. The molecule has 0 bridgehead atoms. The highest BCUT2D eigenvalue weighted by Crippen LogP contribution is 2.19. The van der Waals surface area contributed by atoms with E-state index in [1.165, 1.54) is 6.92 Å². The summed E-state index contributed by atoms with van der Waals surface area (Å²) in [6.07, 6.45) is 0.884. The van der Waals surface area contributed by atoms with E-state index in [0.29, 0.717) is 0 Å². The predicted octanol–water partition coefficient (Wildman–Crippen LogP) is 1.92. The number of nitrogens with two attached hydrogens (primary N) is 1. The van der Waals surface area contributed by atoms with E-state index in [-0.39, 0.29) is 6.42 Å². The predicted molar refractivity (Wildman–Crippen MR) is 51.3 cm³/mol. The van der Waals surface area contributed by atoms with E-state index in [1.54, 1.807) is 18.5 Å². The lowest BCUT2D eigenvalue weighted by Crippen LogP contribution is -2.46. The van der Waals surface area contributed by atoms with Gasteiger partial charge in [-0.3, -0.25) is 4.98 Å². The smallest absolute Gasteiger partial charge is 0.256 e. The van der Waals surface area contributed by atoms with Crippen molar-refractivity contribution < 1.29 is 8.78 Å². The Balaban J connectivity index is 2.84. The molecule has 2 nitrogen and oxygen atoms in total. The Kier molecular flexibility index (Phi) is 3.16. The van der Waals surface area contributed by atoms with Crippen LogP contribution in [0.5, 0.6) is 0 Å². The molecule has 0 aliphatic rings. The summed E-state index contributed by atoms with van der Waals surface area (Å²) in [4.78, 5) is 3.89. The van der Waals surface area contributed by atoms with Gasteiger partial charge in [0, 0.05) is 12.4 Å². The molecule has 0 spiro atoms. The zero-order chi connectivity index (χ0) is 10.8. The Hall–Kier alpha value is -1.03. The third kappa shape index (κ3) is 2.48. The highest BCUT2D eigenvalue weighted by atomic mass is 19.3. The van der Waals surface area contributed by atoms with Crippen molar-refractivity contribution in [3.8, 4) is 0 Å². The standard InChI is InChI=1S/C10H14F2N2/c1-7-6-14-4-3-8(7)5-10(2,13)9(11)12/h3-4,6,9H,5,13H2,1-2H3. The molecule has 14 heavy (non-hydrogen) atoms. The summed E-state index contributed by atoms with van der Waals surface area (Å²) in [6, 6.07) is 1.73. The lowest BCUT2D eigenvalue weighted by atomic mass is 9.93. The molecule has 78 valence electrons. The van der Waals surface area contributed by atoms with Crippen molar-refractivity contribution in [2.75, 3.05) is 0 Å². The zero-order valence-corrected chi connectivity index (χ0v) is 8.30. The van der Waals surface area contributed by atoms with Crippen molar-refractivity contribution in [2.24, 2.45) is 5.73 Å². The second kappa shape index (κ2) is 4.00. The number of aryl methyl sites for hydroxylation is 1. The first kappa shape index (κ1) is 11.0. The van der Waals surface area contributed by atoms with Gasteiger partial charge in [-0.2, -0.15) is 0 Å². The summed E-state index contributed by atoms with van der Waals surface area (Å²) < 4.78 is 25.0. The van der Waals surface area contributed by atoms with Crippen LogP contribution in [-0.4, -0.2) is 16.9 Å². The maximum Gasteiger partial charge on any atom is 0.256 e. The second-order valence-corrected chi connectivity index (χ2v) is 3.79. The third-order valence-electron chi connectivity index (χ3n) is 2.21. The van der Waals surface area contributed by atoms with Gasteiger partial charge in [-0.15, -0.1) is 0 Å². The molecule has 2 N–H and O–H groups in total. The fraction of sp³-hybridized carbons (Fsp3) is 0.500. The van der Waals surface area contributed by atoms with Gasteiger partial charge in [-0.25, -0.2) is 8.78 Å². The summed E-state index contributed by atoms with van der Waals surface area (Å²) in [7, 11) is 0. The lowest BCUT2D eigenvalue weighted by molar-refractivity contribution is 0.0638. The van der Waals surface area contributed by atoms with Crippen LogP contribution in [0.25, 0.3) is 0 Å². The van der Waals surface area contributed by atoms with Crippen LogP contribution in [0.4, 0.5) is 8.78 Å². The van der Waals surface area contributed by atoms with Gasteiger partial charge >= 0.3 is 0 Å². The monoisotopic (exact) mass is 200 g/mol. The maximum absolute atomic E-state index is 12.5. The summed E-state index contributed by atoms with van der Waals surface area (Å²) in [6.45, 7) is 3.20. The zero-order valence-electron chi connectivity index (χ0n) is 8.30. The molecular formula is C10H14F2N2. The van der Waals surface area contributed by atoms with Crippen LogP contribution in [0, 0.1) is 6.92 Å². The van der Waals surface area contributed by atoms with Gasteiger partial charge in [0.2, 0.25) is 0 Å². The Morgan fingerprint density at radius 1 is 1.57 bits per heavy atom. The second-order valence-electron chi connectivity index (χ2n) is 3.79. The highest BCUT2D eigenvalue weighted by Gasteiger charge is 2.30. The molecular weight excluding hydrogens is 186 g/mol. The SMILES string of the molecule is Cc1cnccc1CC(C)(N)C(F)F. The van der Waals surface area contributed by atoms with Gasteiger partial charge in [0.05, 0.1) is 5.54 Å². The van der Waals surface area contributed by atoms with Crippen molar-refractivity contribution in [3.63, 3.8) is 0 Å². The van der Waals surface area contributed by atoms with Crippen LogP contribution in [0.2, 0.25) is 0 Å². The van der Waals surface area contributed by atoms with Crippen LogP contribution in [-0.2, 0) is 6.42 Å². The number of aromatic nitrogens is 1. The number of rotatable bonds is 3. The minimum Gasteiger partial charge on any atom is -0.320 e. The Morgan fingerprint density at radius 2 is 2.21 bits per heavy atom. The fourth-order valence-electron chi connectivity index (χ4n) is 1.19. The largest absolute Gasteiger partial charge is 0.320 e. The molecule has 0 radical (unpaired) electrons. The number of hydrogen-bond acceptors (Lipinski definition) is 2. The third-order valence-corrected chi connectivity index (χ3v) is 2.21. The van der Waals surface area contributed by atoms with Gasteiger partial charge in [-0.1, -0.05) is 0 Å². The molecule has 0 saturated heterocycles. The van der Waals surface area contributed by atoms with Gasteiger partial charge in [0.15, 0.2) is 0 Å². The van der Waals surface area contributed by atoms with Gasteiger partial charge in [0.25, 0.3) is 6.43 Å². The molecule has 0 fully saturated rings. The van der Waals surface area contributed by atoms with E-state index in [1.807, 2.05) is 6.92 Å². The first-order valence-electron chi connectivity index (χ1n) is 4.40. The molecule has 1 aromatic rings. The van der Waals surface area contributed by atoms with E-state index in [9.17, 15) is 8.78 Å². The van der Waals surface area contributed by atoms with E-state index in [2.05, 4.69) is 4.98 Å². The van der Waals surface area contributed by atoms with Gasteiger partial charge in [0.1, 0.15) is 0 Å². The molecule has 0 aliphatic carbocycles. The van der Waals surface area contributed by atoms with E-state index in [0.717, 1.165) is 11.1 Å². The first-order chi connectivity index (χ1) is 6.43. The minimum atomic E-state index is -2.52. The molecule has 0 aliphatic heterocycles. The maximum atomic E-state index is 12.5. The van der Waals surface area contributed by atoms with Crippen molar-refractivity contribution in [2.45, 2.75) is 32.2 Å². The Bertz CT molecular complexity index is 311. The van der Waals surface area contributed by atoms with Crippen molar-refractivity contribution in [1.29, 1.82) is 0 Å². The van der Waals surface area contributed by atoms with E-state index >= 15 is 0 Å². The topological polar surface area (TPSA) is 38.9 Å². The van der Waals surface area contributed by atoms with E-state index in [4.69, 9.17) is 5.73 Å². The highest BCUT2D eigenvalue weighted by molar-refractivity contribution is 5.23. The number of alkyl halides is 2. The molecule has 0 amide bonds. The minimum absolute atomic E-state index is 0.166. The van der Waals surface area contributed by atoms with Crippen LogP contribution >= 0.6 is 0 Å². The Labute approximate surface area is 82.1 Å². The van der Waals surface area contributed by atoms with Crippen LogP contribution < -0.4 is 5.73 Å². The molecule has 1 heterocycles. The Morgan fingerprint density at radius 3 is 2.71 bits per heavy atom. The fourth-order valence-corrected chi connectivity index (χ4v) is 1.19. The van der Waals surface area contributed by atoms with Crippen molar-refractivity contribution >= 4 is 0 Å². The van der Waals surface area contributed by atoms with Crippen LogP contribution in [0.1, 0.15) is 18.1 Å². The van der Waals surface area contributed by atoms with Crippen molar-refractivity contribution in [1.82, 2.24) is 4.98 Å². The average molecular weight is 200 g/mol. The number of nitrogens with zero attached hydrogens (tertiary/aromatic N) is 1. The summed E-state index contributed by atoms with van der Waals surface area (Å²) in [5, 5.41) is 0. The molecule has 0 saturated carbocycles. The summed E-state index contributed by atoms with van der Waals surface area (Å²) in [5.41, 5.74) is 5.74. The number of pyridine rings is 1. The first-order valence-corrected chi connectivity index (χ1v) is 4.40. The van der Waals surface area contributed by atoms with Crippen LogP contribution in [0.15, 0.2) is 18.5 Å². The number of hydrogen-bond donors (Lipinski definition) is 1. The number of halogens is 2. The normalized spacial score (nSPS) is 15.6.